The first-order valence-corrected chi connectivity index (χ1v) is 11.9. The summed E-state index contributed by atoms with van der Waals surface area (Å²) in [7, 11) is 0. The van der Waals surface area contributed by atoms with E-state index in [-0.39, 0.29) is 53.2 Å². The Bertz CT molecular complexity index is 1200. The standard InChI is InChI=1S/C28H27F5O2/c1-3-5-18-8-6-17(15-35-18)20-10-12-22(28(33)26(20)31)21-11-9-19(25(30)27(21)32)16-7-13-24(34-4-2)23(29)14-16/h7,9-14,17-18H,3-6,8,15H2,1-2H3. The molecule has 0 spiro atoms. The third kappa shape index (κ3) is 5.06. The van der Waals surface area contributed by atoms with Crippen LogP contribution in [0.15, 0.2) is 42.5 Å². The van der Waals surface area contributed by atoms with Crippen LogP contribution in [0, 0.1) is 29.1 Å². The number of hydrogen-bond acceptors (Lipinski definition) is 2. The SMILES string of the molecule is CCCC1CCC(c2ccc(-c3ccc(-c4ccc(OCC)c(F)c4)c(F)c3F)c(F)c2F)CO1. The number of halogens is 5. The molecule has 0 aliphatic carbocycles. The minimum atomic E-state index is -1.34. The quantitative estimate of drug-likeness (QED) is 0.311. The summed E-state index contributed by atoms with van der Waals surface area (Å²) in [6, 6.07) is 8.82. The average molecular weight is 491 g/mol. The second kappa shape index (κ2) is 10.8. The predicted molar refractivity (Wildman–Crippen MR) is 125 cm³/mol. The fraction of sp³-hybridized carbons (Fsp3) is 0.357. The van der Waals surface area contributed by atoms with Crippen molar-refractivity contribution >= 4 is 0 Å². The second-order valence-corrected chi connectivity index (χ2v) is 8.72. The molecule has 4 rings (SSSR count). The maximum atomic E-state index is 15.0. The summed E-state index contributed by atoms with van der Waals surface area (Å²) in [6.07, 6.45) is 3.46. The van der Waals surface area contributed by atoms with E-state index in [1.165, 1.54) is 36.4 Å². The van der Waals surface area contributed by atoms with Gasteiger partial charge in [0.25, 0.3) is 0 Å². The molecule has 1 heterocycles. The van der Waals surface area contributed by atoms with Gasteiger partial charge in [-0.05, 0) is 49.4 Å². The van der Waals surface area contributed by atoms with Crippen molar-refractivity contribution in [2.75, 3.05) is 13.2 Å². The van der Waals surface area contributed by atoms with E-state index in [4.69, 9.17) is 9.47 Å². The molecule has 1 fully saturated rings. The van der Waals surface area contributed by atoms with Crippen LogP contribution in [0.5, 0.6) is 5.75 Å². The van der Waals surface area contributed by atoms with Gasteiger partial charge in [0.2, 0.25) is 0 Å². The molecule has 2 atom stereocenters. The Kier molecular flexibility index (Phi) is 7.75. The first-order valence-electron chi connectivity index (χ1n) is 11.9. The van der Waals surface area contributed by atoms with Crippen LogP contribution < -0.4 is 4.74 Å². The lowest BCUT2D eigenvalue weighted by Crippen LogP contribution is -2.25. The number of benzene rings is 3. The van der Waals surface area contributed by atoms with Crippen molar-refractivity contribution in [2.45, 2.75) is 51.6 Å². The number of ether oxygens (including phenoxy) is 2. The lowest BCUT2D eigenvalue weighted by molar-refractivity contribution is -0.00181. The highest BCUT2D eigenvalue weighted by molar-refractivity contribution is 5.72. The van der Waals surface area contributed by atoms with Gasteiger partial charge in [-0.2, -0.15) is 0 Å². The van der Waals surface area contributed by atoms with Crippen LogP contribution in [0.1, 0.15) is 51.0 Å². The average Bonchev–Trinajstić information content (AvgIpc) is 2.85. The highest BCUT2D eigenvalue weighted by Gasteiger charge is 2.28. The van der Waals surface area contributed by atoms with Crippen molar-refractivity contribution in [3.63, 3.8) is 0 Å². The molecule has 0 amide bonds. The summed E-state index contributed by atoms with van der Waals surface area (Å²) >= 11 is 0. The van der Waals surface area contributed by atoms with Crippen molar-refractivity contribution in [3.8, 4) is 28.0 Å². The number of rotatable bonds is 7. The molecule has 1 aliphatic rings. The van der Waals surface area contributed by atoms with Crippen LogP contribution in [0.2, 0.25) is 0 Å². The molecule has 0 N–H and O–H groups in total. The van der Waals surface area contributed by atoms with Crippen molar-refractivity contribution in [1.29, 1.82) is 0 Å². The lowest BCUT2D eigenvalue weighted by atomic mass is 9.88. The van der Waals surface area contributed by atoms with Crippen LogP contribution in [0.4, 0.5) is 22.0 Å². The van der Waals surface area contributed by atoms with Crippen LogP contribution in [0.25, 0.3) is 22.3 Å². The van der Waals surface area contributed by atoms with Gasteiger partial charge in [-0.3, -0.25) is 0 Å². The number of hydrogen-bond donors (Lipinski definition) is 0. The molecule has 35 heavy (non-hydrogen) atoms. The van der Waals surface area contributed by atoms with E-state index in [1.807, 2.05) is 0 Å². The molecule has 3 aromatic carbocycles. The third-order valence-corrected chi connectivity index (χ3v) is 6.45. The zero-order valence-electron chi connectivity index (χ0n) is 19.6. The molecule has 2 unspecified atom stereocenters. The van der Waals surface area contributed by atoms with E-state index in [0.29, 0.717) is 6.42 Å². The Hall–Kier alpha value is -2.93. The van der Waals surface area contributed by atoms with Gasteiger partial charge in [0.1, 0.15) is 0 Å². The normalized spacial score (nSPS) is 18.0. The molecular formula is C28H27F5O2. The van der Waals surface area contributed by atoms with E-state index < -0.39 is 34.6 Å². The molecule has 2 nitrogen and oxygen atoms in total. The Labute approximate surface area is 201 Å². The van der Waals surface area contributed by atoms with Gasteiger partial charge in [0.15, 0.2) is 34.8 Å². The first kappa shape index (κ1) is 25.2. The summed E-state index contributed by atoms with van der Waals surface area (Å²) in [5.41, 5.74) is -0.735. The van der Waals surface area contributed by atoms with Gasteiger partial charge in [0.05, 0.1) is 19.3 Å². The third-order valence-electron chi connectivity index (χ3n) is 6.45. The molecule has 0 radical (unpaired) electrons. The van der Waals surface area contributed by atoms with Gasteiger partial charge in [0, 0.05) is 22.6 Å². The van der Waals surface area contributed by atoms with Gasteiger partial charge in [-0.1, -0.05) is 43.7 Å². The van der Waals surface area contributed by atoms with E-state index in [2.05, 4.69) is 6.92 Å². The van der Waals surface area contributed by atoms with Crippen molar-refractivity contribution in [2.24, 2.45) is 0 Å². The molecule has 1 saturated heterocycles. The van der Waals surface area contributed by atoms with Crippen molar-refractivity contribution < 1.29 is 31.4 Å². The van der Waals surface area contributed by atoms with Crippen molar-refractivity contribution in [3.05, 3.63) is 77.1 Å². The van der Waals surface area contributed by atoms with E-state index in [0.717, 1.165) is 25.3 Å². The Morgan fingerprint density at radius 2 is 1.46 bits per heavy atom. The maximum Gasteiger partial charge on any atom is 0.167 e. The monoisotopic (exact) mass is 490 g/mol. The fourth-order valence-electron chi connectivity index (χ4n) is 4.61. The molecule has 0 saturated carbocycles. The topological polar surface area (TPSA) is 18.5 Å². The van der Waals surface area contributed by atoms with Gasteiger partial charge >= 0.3 is 0 Å². The maximum absolute atomic E-state index is 15.0. The molecule has 3 aromatic rings. The Balaban J connectivity index is 1.63. The Morgan fingerprint density at radius 3 is 2.09 bits per heavy atom. The van der Waals surface area contributed by atoms with E-state index in [9.17, 15) is 13.2 Å². The van der Waals surface area contributed by atoms with Crippen LogP contribution in [-0.2, 0) is 4.74 Å². The van der Waals surface area contributed by atoms with Crippen molar-refractivity contribution in [1.82, 2.24) is 0 Å². The Morgan fingerprint density at radius 1 is 0.800 bits per heavy atom. The lowest BCUT2D eigenvalue weighted by Gasteiger charge is -2.29. The zero-order chi connectivity index (χ0) is 25.1. The van der Waals surface area contributed by atoms with Gasteiger partial charge < -0.3 is 9.47 Å². The minimum Gasteiger partial charge on any atom is -0.491 e. The van der Waals surface area contributed by atoms with Crippen LogP contribution >= 0.6 is 0 Å². The van der Waals surface area contributed by atoms with E-state index in [1.54, 1.807) is 6.92 Å². The minimum absolute atomic E-state index is 0.00404. The van der Waals surface area contributed by atoms with Gasteiger partial charge in [-0.15, -0.1) is 0 Å². The van der Waals surface area contributed by atoms with Crippen LogP contribution in [-0.4, -0.2) is 19.3 Å². The smallest absolute Gasteiger partial charge is 0.167 e. The summed E-state index contributed by atoms with van der Waals surface area (Å²) in [5, 5.41) is 0. The molecule has 186 valence electrons. The first-order chi connectivity index (χ1) is 16.8. The highest BCUT2D eigenvalue weighted by Crippen LogP contribution is 2.38. The summed E-state index contributed by atoms with van der Waals surface area (Å²) in [6.45, 7) is 4.30. The molecule has 0 bridgehead atoms. The highest BCUT2D eigenvalue weighted by atomic mass is 19.2. The molecular weight excluding hydrogens is 463 g/mol. The summed E-state index contributed by atoms with van der Waals surface area (Å²) in [5.74, 6) is -5.96. The van der Waals surface area contributed by atoms with Crippen LogP contribution in [0.3, 0.4) is 0 Å². The van der Waals surface area contributed by atoms with E-state index >= 15 is 8.78 Å². The van der Waals surface area contributed by atoms with Gasteiger partial charge in [-0.25, -0.2) is 22.0 Å². The summed E-state index contributed by atoms with van der Waals surface area (Å²) < 4.78 is 85.1. The summed E-state index contributed by atoms with van der Waals surface area (Å²) in [4.78, 5) is 0. The molecule has 7 heteroatoms. The predicted octanol–water partition coefficient (Wildman–Crippen LogP) is 8.18. The molecule has 0 aromatic heterocycles. The zero-order valence-corrected chi connectivity index (χ0v) is 19.6. The largest absolute Gasteiger partial charge is 0.491 e. The molecule has 1 aliphatic heterocycles. The fourth-order valence-corrected chi connectivity index (χ4v) is 4.61. The second-order valence-electron chi connectivity index (χ2n) is 8.72.